The molecule has 2 rings (SSSR count). The van der Waals surface area contributed by atoms with E-state index in [-0.39, 0.29) is 11.2 Å². The lowest BCUT2D eigenvalue weighted by atomic mass is 10.0. The van der Waals surface area contributed by atoms with Gasteiger partial charge in [0.25, 0.3) is 0 Å². The number of hydrogen-bond donors (Lipinski definition) is 0. The van der Waals surface area contributed by atoms with E-state index < -0.39 is 0 Å². The van der Waals surface area contributed by atoms with Gasteiger partial charge in [0, 0.05) is 12.8 Å². The predicted molar refractivity (Wildman–Crippen MR) is 63.0 cm³/mol. The third-order valence-corrected chi connectivity index (χ3v) is 4.25. The normalized spacial score (nSPS) is 31.4. The first-order valence-electron chi connectivity index (χ1n) is 6.17. The van der Waals surface area contributed by atoms with Crippen molar-refractivity contribution in [2.24, 2.45) is 17.3 Å². The number of Topliss-reactive ketones (excluding diaryl/α,β-unsaturated/α-hetero) is 2. The molecule has 0 spiro atoms. The van der Waals surface area contributed by atoms with Crippen molar-refractivity contribution in [1.82, 2.24) is 0 Å². The predicted octanol–water partition coefficient (Wildman–Crippen LogP) is 2.92. The molecular formula is C14H20O2. The molecule has 16 heavy (non-hydrogen) atoms. The monoisotopic (exact) mass is 220 g/mol. The molecule has 2 aliphatic carbocycles. The summed E-state index contributed by atoms with van der Waals surface area (Å²) in [6.45, 7) is 6.08. The lowest BCUT2D eigenvalue weighted by molar-refractivity contribution is -0.117. The maximum atomic E-state index is 11.7. The van der Waals surface area contributed by atoms with Crippen molar-refractivity contribution in [2.45, 2.75) is 46.5 Å². The van der Waals surface area contributed by atoms with Gasteiger partial charge in [0.2, 0.25) is 0 Å². The van der Waals surface area contributed by atoms with Crippen molar-refractivity contribution in [1.29, 1.82) is 0 Å². The summed E-state index contributed by atoms with van der Waals surface area (Å²) in [5.41, 5.74) is 1.28. The molecule has 1 saturated carbocycles. The maximum Gasteiger partial charge on any atom is 0.159 e. The van der Waals surface area contributed by atoms with Gasteiger partial charge < -0.3 is 4.79 Å². The van der Waals surface area contributed by atoms with Gasteiger partial charge >= 0.3 is 0 Å². The SMILES string of the molecule is CC(=O)CC[C@@H]1[C@H](C2=CCCC2=O)C1(C)C. The topological polar surface area (TPSA) is 34.1 Å². The molecule has 0 aliphatic heterocycles. The minimum atomic E-state index is 0.223. The average Bonchev–Trinajstić information content (AvgIpc) is 2.53. The molecule has 0 amide bonds. The number of hydrogen-bond acceptors (Lipinski definition) is 2. The van der Waals surface area contributed by atoms with Crippen LogP contribution in [-0.2, 0) is 9.59 Å². The highest BCUT2D eigenvalue weighted by atomic mass is 16.1. The van der Waals surface area contributed by atoms with Crippen LogP contribution >= 0.6 is 0 Å². The van der Waals surface area contributed by atoms with E-state index in [0.29, 0.717) is 30.5 Å². The molecule has 0 aromatic heterocycles. The Morgan fingerprint density at radius 1 is 1.50 bits per heavy atom. The summed E-state index contributed by atoms with van der Waals surface area (Å²) >= 11 is 0. The summed E-state index contributed by atoms with van der Waals surface area (Å²) in [7, 11) is 0. The van der Waals surface area contributed by atoms with Crippen molar-refractivity contribution in [3.05, 3.63) is 11.6 Å². The molecule has 1 fully saturated rings. The highest BCUT2D eigenvalue weighted by Gasteiger charge is 2.59. The van der Waals surface area contributed by atoms with E-state index in [1.54, 1.807) is 6.92 Å². The highest BCUT2D eigenvalue weighted by molar-refractivity contribution is 5.98. The van der Waals surface area contributed by atoms with E-state index in [0.717, 1.165) is 18.4 Å². The molecule has 0 bridgehead atoms. The molecule has 0 N–H and O–H groups in total. The molecule has 0 heterocycles. The van der Waals surface area contributed by atoms with Gasteiger partial charge in [0.1, 0.15) is 5.78 Å². The van der Waals surface area contributed by atoms with Crippen LogP contribution in [0.15, 0.2) is 11.6 Å². The summed E-state index contributed by atoms with van der Waals surface area (Å²) in [6.07, 6.45) is 5.33. The number of ketones is 2. The second-order valence-electron chi connectivity index (χ2n) is 5.77. The van der Waals surface area contributed by atoms with Gasteiger partial charge in [-0.15, -0.1) is 0 Å². The molecule has 0 saturated heterocycles. The first kappa shape index (κ1) is 11.6. The Bertz CT molecular complexity index is 363. The van der Waals surface area contributed by atoms with Crippen LogP contribution in [0, 0.1) is 17.3 Å². The molecule has 2 atom stereocenters. The summed E-state index contributed by atoms with van der Waals surface area (Å²) < 4.78 is 0. The van der Waals surface area contributed by atoms with Crippen LogP contribution < -0.4 is 0 Å². The third-order valence-electron chi connectivity index (χ3n) is 4.25. The fourth-order valence-corrected chi connectivity index (χ4v) is 3.18. The Hall–Kier alpha value is -0.920. The zero-order chi connectivity index (χ0) is 11.9. The molecule has 2 aliphatic rings. The van der Waals surface area contributed by atoms with Crippen LogP contribution in [0.2, 0.25) is 0 Å². The summed E-state index contributed by atoms with van der Waals surface area (Å²) in [6, 6.07) is 0. The van der Waals surface area contributed by atoms with Crippen molar-refractivity contribution in [3.63, 3.8) is 0 Å². The van der Waals surface area contributed by atoms with Crippen molar-refractivity contribution < 1.29 is 9.59 Å². The fourth-order valence-electron chi connectivity index (χ4n) is 3.18. The van der Waals surface area contributed by atoms with E-state index in [4.69, 9.17) is 0 Å². The largest absolute Gasteiger partial charge is 0.300 e. The van der Waals surface area contributed by atoms with E-state index >= 15 is 0 Å². The minimum absolute atomic E-state index is 0.223. The Kier molecular flexibility index (Phi) is 2.77. The Morgan fingerprint density at radius 3 is 2.69 bits per heavy atom. The van der Waals surface area contributed by atoms with Crippen LogP contribution in [0.5, 0.6) is 0 Å². The number of rotatable bonds is 4. The number of carbonyl (C=O) groups is 2. The van der Waals surface area contributed by atoms with Gasteiger partial charge in [0.15, 0.2) is 5.78 Å². The van der Waals surface area contributed by atoms with Crippen molar-refractivity contribution in [3.8, 4) is 0 Å². The average molecular weight is 220 g/mol. The van der Waals surface area contributed by atoms with Crippen molar-refractivity contribution >= 4 is 11.6 Å². The number of allylic oxidation sites excluding steroid dienone is 2. The molecular weight excluding hydrogens is 200 g/mol. The van der Waals surface area contributed by atoms with Gasteiger partial charge in [-0.2, -0.15) is 0 Å². The fraction of sp³-hybridized carbons (Fsp3) is 0.714. The van der Waals surface area contributed by atoms with Gasteiger partial charge in [-0.25, -0.2) is 0 Å². The van der Waals surface area contributed by atoms with E-state index in [1.165, 1.54) is 0 Å². The van der Waals surface area contributed by atoms with Crippen LogP contribution in [0.25, 0.3) is 0 Å². The zero-order valence-electron chi connectivity index (χ0n) is 10.4. The minimum Gasteiger partial charge on any atom is -0.300 e. The molecule has 0 aromatic rings. The maximum absolute atomic E-state index is 11.7. The molecule has 88 valence electrons. The summed E-state index contributed by atoms with van der Waals surface area (Å²) in [5, 5.41) is 0. The third kappa shape index (κ3) is 1.85. The number of carbonyl (C=O) groups excluding carboxylic acids is 2. The molecule has 2 nitrogen and oxygen atoms in total. The Morgan fingerprint density at radius 2 is 2.19 bits per heavy atom. The Labute approximate surface area is 97.1 Å². The van der Waals surface area contributed by atoms with Crippen LogP contribution in [0.3, 0.4) is 0 Å². The lowest BCUT2D eigenvalue weighted by Crippen LogP contribution is -2.01. The zero-order valence-corrected chi connectivity index (χ0v) is 10.4. The second-order valence-corrected chi connectivity index (χ2v) is 5.77. The van der Waals surface area contributed by atoms with Crippen molar-refractivity contribution in [2.75, 3.05) is 0 Å². The highest BCUT2D eigenvalue weighted by Crippen LogP contribution is 2.64. The molecule has 2 heteroatoms. The standard InChI is InChI=1S/C14H20O2/c1-9(15)7-8-11-13(14(11,2)3)10-5-4-6-12(10)16/h5,11,13H,4,6-8H2,1-3H3/t11-,13+/m1/s1. The Balaban J connectivity index is 2.02. The van der Waals surface area contributed by atoms with Crippen LogP contribution in [0.4, 0.5) is 0 Å². The first-order valence-corrected chi connectivity index (χ1v) is 6.17. The van der Waals surface area contributed by atoms with Crippen LogP contribution in [0.1, 0.15) is 46.5 Å². The van der Waals surface area contributed by atoms with Gasteiger partial charge in [-0.05, 0) is 42.6 Å². The van der Waals surface area contributed by atoms with E-state index in [9.17, 15) is 9.59 Å². The lowest BCUT2D eigenvalue weighted by Gasteiger charge is -2.01. The molecule has 0 radical (unpaired) electrons. The second kappa shape index (κ2) is 3.83. The van der Waals surface area contributed by atoms with Gasteiger partial charge in [0.05, 0.1) is 0 Å². The summed E-state index contributed by atoms with van der Waals surface area (Å²) in [4.78, 5) is 22.7. The van der Waals surface area contributed by atoms with Crippen LogP contribution in [-0.4, -0.2) is 11.6 Å². The van der Waals surface area contributed by atoms with Gasteiger partial charge in [-0.1, -0.05) is 19.9 Å². The van der Waals surface area contributed by atoms with E-state index in [1.807, 2.05) is 0 Å². The molecule has 0 unspecified atom stereocenters. The van der Waals surface area contributed by atoms with E-state index in [2.05, 4.69) is 19.9 Å². The molecule has 0 aromatic carbocycles. The quantitative estimate of drug-likeness (QED) is 0.730. The smallest absolute Gasteiger partial charge is 0.159 e. The summed E-state index contributed by atoms with van der Waals surface area (Å²) in [5.74, 6) is 1.54. The van der Waals surface area contributed by atoms with Gasteiger partial charge in [-0.3, -0.25) is 4.79 Å². The first-order chi connectivity index (χ1) is 7.44.